The number of nitrogens with one attached hydrogen (secondary N) is 1. The van der Waals surface area contributed by atoms with Gasteiger partial charge in [-0.3, -0.25) is 4.79 Å². The molecule has 0 amide bonds. The first-order valence-corrected chi connectivity index (χ1v) is 5.47. The summed E-state index contributed by atoms with van der Waals surface area (Å²) in [6, 6.07) is 3.89. The van der Waals surface area contributed by atoms with Gasteiger partial charge in [-0.1, -0.05) is 20.8 Å². The Bertz CT molecular complexity index is 368. The molecule has 0 saturated carbocycles. The third kappa shape index (κ3) is 3.11. The van der Waals surface area contributed by atoms with Crippen LogP contribution in [0.5, 0.6) is 0 Å². The first-order chi connectivity index (χ1) is 7.04. The molecule has 15 heavy (non-hydrogen) atoms. The van der Waals surface area contributed by atoms with Crippen molar-refractivity contribution in [2.45, 2.75) is 33.2 Å². The molecular weight excluding hydrogens is 188 g/mol. The Labute approximate surface area is 91.1 Å². The van der Waals surface area contributed by atoms with Crippen LogP contribution in [0, 0.1) is 5.92 Å². The van der Waals surface area contributed by atoms with E-state index >= 15 is 0 Å². The molecule has 1 heterocycles. The van der Waals surface area contributed by atoms with Crippen LogP contribution in [0.15, 0.2) is 23.1 Å². The Hall–Kier alpha value is -1.25. The quantitative estimate of drug-likeness (QED) is 0.823. The van der Waals surface area contributed by atoms with Crippen molar-refractivity contribution in [3.05, 3.63) is 28.7 Å². The predicted molar refractivity (Wildman–Crippen MR) is 64.2 cm³/mol. The largest absolute Gasteiger partial charge is 0.381 e. The Kier molecular flexibility index (Phi) is 3.95. The highest BCUT2D eigenvalue weighted by Gasteiger charge is 2.10. The molecule has 0 aromatic carbocycles. The second kappa shape index (κ2) is 5.01. The van der Waals surface area contributed by atoms with E-state index in [4.69, 9.17) is 0 Å². The van der Waals surface area contributed by atoms with Crippen molar-refractivity contribution in [1.82, 2.24) is 4.57 Å². The molecule has 1 N–H and O–H groups in total. The summed E-state index contributed by atoms with van der Waals surface area (Å²) in [5.74, 6) is 0.590. The average molecular weight is 208 g/mol. The smallest absolute Gasteiger partial charge is 0.250 e. The van der Waals surface area contributed by atoms with Crippen molar-refractivity contribution in [1.29, 1.82) is 0 Å². The van der Waals surface area contributed by atoms with E-state index < -0.39 is 0 Å². The number of aromatic nitrogens is 1. The number of pyridine rings is 1. The summed E-state index contributed by atoms with van der Waals surface area (Å²) in [4.78, 5) is 11.2. The molecule has 0 aliphatic carbocycles. The van der Waals surface area contributed by atoms with Gasteiger partial charge in [0.25, 0.3) is 0 Å². The second-order valence-corrected chi connectivity index (χ2v) is 4.27. The molecule has 3 nitrogen and oxygen atoms in total. The molecule has 1 unspecified atom stereocenters. The van der Waals surface area contributed by atoms with Crippen molar-refractivity contribution in [2.75, 3.05) is 5.32 Å². The van der Waals surface area contributed by atoms with E-state index in [9.17, 15) is 4.79 Å². The van der Waals surface area contributed by atoms with Gasteiger partial charge in [0.2, 0.25) is 5.56 Å². The molecular formula is C12H20N2O. The number of anilines is 1. The van der Waals surface area contributed by atoms with Crippen LogP contribution in [0.1, 0.15) is 27.2 Å². The number of aryl methyl sites for hydroxylation is 1. The van der Waals surface area contributed by atoms with E-state index in [2.05, 4.69) is 26.1 Å². The maximum Gasteiger partial charge on any atom is 0.250 e. The van der Waals surface area contributed by atoms with E-state index in [1.807, 2.05) is 12.3 Å². The van der Waals surface area contributed by atoms with Crippen LogP contribution in [0.4, 0.5) is 5.69 Å². The van der Waals surface area contributed by atoms with Crippen molar-refractivity contribution in [3.8, 4) is 0 Å². The lowest BCUT2D eigenvalue weighted by atomic mass is 10.0. The molecule has 0 radical (unpaired) electrons. The van der Waals surface area contributed by atoms with Gasteiger partial charge in [-0.2, -0.15) is 0 Å². The third-order valence-electron chi connectivity index (χ3n) is 2.68. The summed E-state index contributed by atoms with van der Waals surface area (Å²) in [6.45, 7) is 6.56. The Morgan fingerprint density at radius 3 is 2.53 bits per heavy atom. The summed E-state index contributed by atoms with van der Waals surface area (Å²) in [7, 11) is 1.77. The van der Waals surface area contributed by atoms with Gasteiger partial charge in [0.1, 0.15) is 0 Å². The van der Waals surface area contributed by atoms with Gasteiger partial charge < -0.3 is 9.88 Å². The van der Waals surface area contributed by atoms with Crippen LogP contribution in [0.2, 0.25) is 0 Å². The maximum absolute atomic E-state index is 11.2. The van der Waals surface area contributed by atoms with Gasteiger partial charge in [0.05, 0.1) is 5.69 Å². The first kappa shape index (κ1) is 11.8. The number of hydrogen-bond donors (Lipinski definition) is 1. The summed E-state index contributed by atoms with van der Waals surface area (Å²) in [5.41, 5.74) is 1.04. The van der Waals surface area contributed by atoms with Gasteiger partial charge in [0.15, 0.2) is 0 Å². The van der Waals surface area contributed by atoms with Crippen molar-refractivity contribution < 1.29 is 0 Å². The minimum Gasteiger partial charge on any atom is -0.381 e. The Balaban J connectivity index is 2.80. The summed E-state index contributed by atoms with van der Waals surface area (Å²) < 4.78 is 1.59. The van der Waals surface area contributed by atoms with E-state index in [0.717, 1.165) is 12.1 Å². The molecule has 1 aromatic heterocycles. The first-order valence-electron chi connectivity index (χ1n) is 5.47. The Morgan fingerprint density at radius 1 is 1.40 bits per heavy atom. The molecule has 1 rings (SSSR count). The topological polar surface area (TPSA) is 34.0 Å². The fourth-order valence-corrected chi connectivity index (χ4v) is 1.63. The van der Waals surface area contributed by atoms with E-state index in [1.54, 1.807) is 17.7 Å². The minimum absolute atomic E-state index is 0.0261. The predicted octanol–water partition coefficient (Wildman–Crippen LogP) is 2.23. The fraction of sp³-hybridized carbons (Fsp3) is 0.583. The average Bonchev–Trinajstić information content (AvgIpc) is 2.19. The third-order valence-corrected chi connectivity index (χ3v) is 2.68. The molecule has 1 aromatic rings. The molecule has 1 atom stereocenters. The van der Waals surface area contributed by atoms with Crippen LogP contribution in [0.3, 0.4) is 0 Å². The zero-order chi connectivity index (χ0) is 11.4. The number of nitrogens with zero attached hydrogens (tertiary/aromatic N) is 1. The van der Waals surface area contributed by atoms with E-state index in [0.29, 0.717) is 12.0 Å². The van der Waals surface area contributed by atoms with Gasteiger partial charge in [-0.25, -0.2) is 0 Å². The van der Waals surface area contributed by atoms with Crippen molar-refractivity contribution in [3.63, 3.8) is 0 Å². The minimum atomic E-state index is 0.0261. The van der Waals surface area contributed by atoms with Crippen LogP contribution in [-0.2, 0) is 7.05 Å². The lowest BCUT2D eigenvalue weighted by Crippen LogP contribution is -2.25. The highest BCUT2D eigenvalue weighted by molar-refractivity contribution is 5.41. The van der Waals surface area contributed by atoms with E-state index in [1.165, 1.54) is 0 Å². The molecule has 0 spiro atoms. The molecule has 0 aliphatic heterocycles. The number of hydrogen-bond acceptors (Lipinski definition) is 2. The van der Waals surface area contributed by atoms with Gasteiger partial charge in [-0.05, 0) is 18.4 Å². The van der Waals surface area contributed by atoms with Crippen molar-refractivity contribution >= 4 is 5.69 Å². The van der Waals surface area contributed by atoms with Crippen LogP contribution < -0.4 is 10.9 Å². The second-order valence-electron chi connectivity index (χ2n) is 4.27. The molecule has 84 valence electrons. The Morgan fingerprint density at radius 2 is 2.07 bits per heavy atom. The monoisotopic (exact) mass is 208 g/mol. The van der Waals surface area contributed by atoms with Gasteiger partial charge in [0, 0.05) is 25.4 Å². The molecule has 3 heteroatoms. The van der Waals surface area contributed by atoms with Crippen LogP contribution in [0.25, 0.3) is 0 Å². The molecule has 0 bridgehead atoms. The zero-order valence-corrected chi connectivity index (χ0v) is 9.95. The van der Waals surface area contributed by atoms with Crippen LogP contribution >= 0.6 is 0 Å². The van der Waals surface area contributed by atoms with Crippen LogP contribution in [-0.4, -0.2) is 10.6 Å². The number of rotatable bonds is 4. The maximum atomic E-state index is 11.2. The van der Waals surface area contributed by atoms with E-state index in [-0.39, 0.29) is 5.56 Å². The highest BCUT2D eigenvalue weighted by atomic mass is 16.1. The van der Waals surface area contributed by atoms with Gasteiger partial charge in [-0.15, -0.1) is 0 Å². The summed E-state index contributed by atoms with van der Waals surface area (Å²) in [6.07, 6.45) is 2.92. The molecule has 0 fully saturated rings. The fourth-order valence-electron chi connectivity index (χ4n) is 1.63. The molecule has 0 aliphatic rings. The highest BCUT2D eigenvalue weighted by Crippen LogP contribution is 2.13. The van der Waals surface area contributed by atoms with Crippen molar-refractivity contribution in [2.24, 2.45) is 13.0 Å². The van der Waals surface area contributed by atoms with Gasteiger partial charge >= 0.3 is 0 Å². The lowest BCUT2D eigenvalue weighted by molar-refractivity contribution is 0.511. The SMILES string of the molecule is CCC(Nc1ccc(=O)n(C)c1)C(C)C. The molecule has 0 saturated heterocycles. The zero-order valence-electron chi connectivity index (χ0n) is 9.95. The summed E-state index contributed by atoms with van der Waals surface area (Å²) >= 11 is 0. The summed E-state index contributed by atoms with van der Waals surface area (Å²) in [5, 5.41) is 3.44. The normalized spacial score (nSPS) is 12.9. The lowest BCUT2D eigenvalue weighted by Gasteiger charge is -2.22. The standard InChI is InChI=1S/C12H20N2O/c1-5-11(9(2)3)13-10-6-7-12(15)14(4)8-10/h6-9,11,13H,5H2,1-4H3.